The first-order valence-corrected chi connectivity index (χ1v) is 6.15. The topological polar surface area (TPSA) is 37.8 Å². The van der Waals surface area contributed by atoms with Gasteiger partial charge in [0, 0.05) is 35.6 Å². The molecule has 0 aliphatic carbocycles. The summed E-state index contributed by atoms with van der Waals surface area (Å²) in [5, 5.41) is 9.48. The van der Waals surface area contributed by atoms with Crippen LogP contribution in [0.4, 0.5) is 5.13 Å². The first kappa shape index (κ1) is 9.61. The van der Waals surface area contributed by atoms with Gasteiger partial charge in [-0.15, -0.1) is 22.7 Å². The van der Waals surface area contributed by atoms with E-state index in [0.717, 1.165) is 23.8 Å². The van der Waals surface area contributed by atoms with Gasteiger partial charge in [0.05, 0.1) is 5.01 Å². The molecule has 0 aromatic carbocycles. The molecule has 0 aliphatic rings. The van der Waals surface area contributed by atoms with E-state index in [-0.39, 0.29) is 0 Å². The predicted octanol–water partition coefficient (Wildman–Crippen LogP) is 2.56. The van der Waals surface area contributed by atoms with Crippen LogP contribution >= 0.6 is 22.7 Å². The molecule has 3 nitrogen and oxygen atoms in total. The number of thiazole rings is 2. The van der Waals surface area contributed by atoms with E-state index >= 15 is 0 Å². The minimum atomic E-state index is 0.903. The maximum absolute atomic E-state index is 4.39. The van der Waals surface area contributed by atoms with Crippen LogP contribution < -0.4 is 5.32 Å². The van der Waals surface area contributed by atoms with Gasteiger partial charge >= 0.3 is 0 Å². The molecule has 5 heteroatoms. The Hall–Kier alpha value is -0.940. The Labute approximate surface area is 90.9 Å². The average Bonchev–Trinajstić information content (AvgIpc) is 2.77. The molecule has 0 bridgehead atoms. The highest BCUT2D eigenvalue weighted by Gasteiger charge is 1.98. The van der Waals surface area contributed by atoms with E-state index in [4.69, 9.17) is 0 Å². The summed E-state index contributed by atoms with van der Waals surface area (Å²) in [6.45, 7) is 2.93. The molecular formula is C9H11N3S2. The van der Waals surface area contributed by atoms with Crippen LogP contribution in [-0.4, -0.2) is 16.5 Å². The SMILES string of the molecule is Cc1csc(CCNc2nccs2)n1. The fraction of sp³-hybridized carbons (Fsp3) is 0.333. The van der Waals surface area contributed by atoms with Gasteiger partial charge in [-0.3, -0.25) is 0 Å². The van der Waals surface area contributed by atoms with Crippen LogP contribution in [0.15, 0.2) is 17.0 Å². The summed E-state index contributed by atoms with van der Waals surface area (Å²) in [6, 6.07) is 0. The van der Waals surface area contributed by atoms with Gasteiger partial charge in [0.25, 0.3) is 0 Å². The van der Waals surface area contributed by atoms with E-state index in [1.165, 1.54) is 5.01 Å². The zero-order valence-corrected chi connectivity index (χ0v) is 9.49. The molecule has 1 N–H and O–H groups in total. The molecule has 0 aliphatic heterocycles. The van der Waals surface area contributed by atoms with E-state index in [2.05, 4.69) is 20.7 Å². The highest BCUT2D eigenvalue weighted by atomic mass is 32.1. The molecule has 14 heavy (non-hydrogen) atoms. The normalized spacial score (nSPS) is 10.4. The third-order valence-electron chi connectivity index (χ3n) is 1.71. The van der Waals surface area contributed by atoms with Gasteiger partial charge in [-0.25, -0.2) is 9.97 Å². The molecule has 74 valence electrons. The Balaban J connectivity index is 1.78. The fourth-order valence-corrected chi connectivity index (χ4v) is 2.44. The number of aryl methyl sites for hydroxylation is 1. The van der Waals surface area contributed by atoms with Crippen LogP contribution in [0.1, 0.15) is 10.7 Å². The van der Waals surface area contributed by atoms with Crippen molar-refractivity contribution in [2.24, 2.45) is 0 Å². The molecule has 0 spiro atoms. The fourth-order valence-electron chi connectivity index (χ4n) is 1.10. The number of hydrogen-bond acceptors (Lipinski definition) is 5. The Kier molecular flexibility index (Phi) is 3.10. The van der Waals surface area contributed by atoms with E-state index in [0.29, 0.717) is 0 Å². The van der Waals surface area contributed by atoms with E-state index < -0.39 is 0 Å². The number of aromatic nitrogens is 2. The van der Waals surface area contributed by atoms with Gasteiger partial charge in [-0.2, -0.15) is 0 Å². The van der Waals surface area contributed by atoms with Gasteiger partial charge in [0.1, 0.15) is 0 Å². The van der Waals surface area contributed by atoms with Crippen LogP contribution in [-0.2, 0) is 6.42 Å². The Morgan fingerprint density at radius 3 is 3.00 bits per heavy atom. The summed E-state index contributed by atoms with van der Waals surface area (Å²) in [5.74, 6) is 0. The van der Waals surface area contributed by atoms with Gasteiger partial charge in [-0.1, -0.05) is 0 Å². The summed E-state index contributed by atoms with van der Waals surface area (Å²) >= 11 is 3.34. The lowest BCUT2D eigenvalue weighted by atomic mass is 10.4. The van der Waals surface area contributed by atoms with Crippen LogP contribution in [0.25, 0.3) is 0 Å². The van der Waals surface area contributed by atoms with Crippen LogP contribution in [0, 0.1) is 6.92 Å². The molecule has 0 fully saturated rings. The third-order valence-corrected chi connectivity index (χ3v) is 3.47. The highest BCUT2D eigenvalue weighted by Crippen LogP contribution is 2.12. The second-order valence-corrected chi connectivity index (χ2v) is 4.73. The molecule has 2 heterocycles. The quantitative estimate of drug-likeness (QED) is 0.869. The zero-order chi connectivity index (χ0) is 9.80. The zero-order valence-electron chi connectivity index (χ0n) is 7.86. The van der Waals surface area contributed by atoms with Crippen molar-refractivity contribution in [3.8, 4) is 0 Å². The van der Waals surface area contributed by atoms with Crippen molar-refractivity contribution in [2.45, 2.75) is 13.3 Å². The first-order chi connectivity index (χ1) is 6.84. The predicted molar refractivity (Wildman–Crippen MR) is 61.2 cm³/mol. The molecule has 0 radical (unpaired) electrons. The van der Waals surface area contributed by atoms with Crippen molar-refractivity contribution >= 4 is 27.8 Å². The van der Waals surface area contributed by atoms with E-state index in [1.807, 2.05) is 12.3 Å². The monoisotopic (exact) mass is 225 g/mol. The lowest BCUT2D eigenvalue weighted by Crippen LogP contribution is -2.03. The number of hydrogen-bond donors (Lipinski definition) is 1. The molecular weight excluding hydrogens is 214 g/mol. The van der Waals surface area contributed by atoms with Crippen molar-refractivity contribution in [1.29, 1.82) is 0 Å². The molecule has 2 aromatic rings. The van der Waals surface area contributed by atoms with Crippen molar-refractivity contribution < 1.29 is 0 Å². The van der Waals surface area contributed by atoms with Crippen molar-refractivity contribution in [2.75, 3.05) is 11.9 Å². The Morgan fingerprint density at radius 2 is 2.36 bits per heavy atom. The molecule has 2 rings (SSSR count). The van der Waals surface area contributed by atoms with Crippen LogP contribution in [0.3, 0.4) is 0 Å². The summed E-state index contributed by atoms with van der Waals surface area (Å²) in [6.07, 6.45) is 2.78. The molecule has 0 unspecified atom stereocenters. The number of nitrogens with one attached hydrogen (secondary N) is 1. The average molecular weight is 225 g/mol. The molecule has 0 atom stereocenters. The maximum atomic E-state index is 4.39. The van der Waals surface area contributed by atoms with E-state index in [9.17, 15) is 0 Å². The maximum Gasteiger partial charge on any atom is 0.182 e. The number of anilines is 1. The number of nitrogens with zero attached hydrogens (tertiary/aromatic N) is 2. The Morgan fingerprint density at radius 1 is 1.43 bits per heavy atom. The smallest absolute Gasteiger partial charge is 0.182 e. The number of rotatable bonds is 4. The molecule has 0 saturated carbocycles. The van der Waals surface area contributed by atoms with Crippen LogP contribution in [0.2, 0.25) is 0 Å². The minimum Gasteiger partial charge on any atom is -0.361 e. The van der Waals surface area contributed by atoms with E-state index in [1.54, 1.807) is 28.9 Å². The molecule has 2 aromatic heterocycles. The van der Waals surface area contributed by atoms with Gasteiger partial charge < -0.3 is 5.32 Å². The summed E-state index contributed by atoms with van der Waals surface area (Å²) < 4.78 is 0. The molecule has 0 amide bonds. The van der Waals surface area contributed by atoms with Crippen molar-refractivity contribution in [3.05, 3.63) is 27.7 Å². The first-order valence-electron chi connectivity index (χ1n) is 4.39. The van der Waals surface area contributed by atoms with Gasteiger partial charge in [0.15, 0.2) is 5.13 Å². The Bertz CT molecular complexity index is 380. The lowest BCUT2D eigenvalue weighted by Gasteiger charge is -1.98. The highest BCUT2D eigenvalue weighted by molar-refractivity contribution is 7.13. The van der Waals surface area contributed by atoms with Crippen molar-refractivity contribution in [1.82, 2.24) is 9.97 Å². The standard InChI is InChI=1S/C9H11N3S2/c1-7-6-14-8(12-7)2-3-10-9-11-4-5-13-9/h4-6H,2-3H2,1H3,(H,10,11). The lowest BCUT2D eigenvalue weighted by molar-refractivity contribution is 0.984. The van der Waals surface area contributed by atoms with Gasteiger partial charge in [0.2, 0.25) is 0 Å². The second kappa shape index (κ2) is 4.52. The van der Waals surface area contributed by atoms with Gasteiger partial charge in [-0.05, 0) is 6.92 Å². The summed E-state index contributed by atoms with van der Waals surface area (Å²) in [7, 11) is 0. The van der Waals surface area contributed by atoms with Crippen molar-refractivity contribution in [3.63, 3.8) is 0 Å². The van der Waals surface area contributed by atoms with Crippen LogP contribution in [0.5, 0.6) is 0 Å². The molecule has 0 saturated heterocycles. The summed E-state index contributed by atoms with van der Waals surface area (Å²) in [4.78, 5) is 8.53. The third kappa shape index (κ3) is 2.52. The largest absolute Gasteiger partial charge is 0.361 e. The minimum absolute atomic E-state index is 0.903. The summed E-state index contributed by atoms with van der Waals surface area (Å²) in [5.41, 5.74) is 1.11. The second-order valence-electron chi connectivity index (χ2n) is 2.90.